The Balaban J connectivity index is 2.17. The van der Waals surface area contributed by atoms with E-state index < -0.39 is 8.07 Å². The number of aliphatic hydroxyl groups is 1. The maximum atomic E-state index is 9.11. The summed E-state index contributed by atoms with van der Waals surface area (Å²) in [4.78, 5) is 0. The van der Waals surface area contributed by atoms with Crippen molar-refractivity contribution in [3.8, 4) is 0 Å². The SMILES string of the molecule is C[Si](C)(c1ccccc1)[C@@H]1C[C@H]1CO. The highest BCUT2D eigenvalue weighted by Crippen LogP contribution is 2.50. The van der Waals surface area contributed by atoms with Gasteiger partial charge in [0.15, 0.2) is 0 Å². The molecule has 0 bridgehead atoms. The van der Waals surface area contributed by atoms with Crippen LogP contribution >= 0.6 is 0 Å². The first kappa shape index (κ1) is 9.93. The number of aliphatic hydroxyl groups excluding tert-OH is 1. The predicted molar refractivity (Wildman–Crippen MR) is 62.5 cm³/mol. The van der Waals surface area contributed by atoms with E-state index in [2.05, 4.69) is 43.4 Å². The van der Waals surface area contributed by atoms with Gasteiger partial charge in [0.1, 0.15) is 0 Å². The van der Waals surface area contributed by atoms with Crippen LogP contribution in [-0.4, -0.2) is 19.8 Å². The molecule has 2 heteroatoms. The second-order valence-corrected chi connectivity index (χ2v) is 9.63. The summed E-state index contributed by atoms with van der Waals surface area (Å²) in [6.45, 7) is 5.22. The lowest BCUT2D eigenvalue weighted by Gasteiger charge is -2.23. The summed E-state index contributed by atoms with van der Waals surface area (Å²) in [5, 5.41) is 10.6. The van der Waals surface area contributed by atoms with Gasteiger partial charge in [-0.1, -0.05) is 48.6 Å². The van der Waals surface area contributed by atoms with Gasteiger partial charge in [-0.15, -0.1) is 0 Å². The van der Waals surface area contributed by atoms with Crippen LogP contribution in [-0.2, 0) is 0 Å². The van der Waals surface area contributed by atoms with Crippen LogP contribution in [0.3, 0.4) is 0 Å². The first-order valence-corrected chi connectivity index (χ1v) is 8.40. The minimum Gasteiger partial charge on any atom is -0.396 e. The Hall–Kier alpha value is -0.603. The van der Waals surface area contributed by atoms with Crippen molar-refractivity contribution < 1.29 is 5.11 Å². The minimum absolute atomic E-state index is 0.383. The third kappa shape index (κ3) is 1.64. The van der Waals surface area contributed by atoms with Crippen molar-refractivity contribution >= 4 is 13.3 Å². The Labute approximate surface area is 86.8 Å². The molecule has 0 saturated heterocycles. The molecule has 0 amide bonds. The molecule has 1 aromatic carbocycles. The van der Waals surface area contributed by atoms with Gasteiger partial charge in [0.05, 0.1) is 8.07 Å². The lowest BCUT2D eigenvalue weighted by atomic mass is 10.4. The van der Waals surface area contributed by atoms with Crippen molar-refractivity contribution in [2.24, 2.45) is 5.92 Å². The summed E-state index contributed by atoms with van der Waals surface area (Å²) in [7, 11) is -1.29. The number of hydrogen-bond acceptors (Lipinski definition) is 1. The van der Waals surface area contributed by atoms with Crippen LogP contribution in [0.4, 0.5) is 0 Å². The van der Waals surface area contributed by atoms with Crippen LogP contribution in [0.15, 0.2) is 30.3 Å². The highest BCUT2D eigenvalue weighted by Gasteiger charge is 2.48. The Morgan fingerprint density at radius 3 is 2.43 bits per heavy atom. The van der Waals surface area contributed by atoms with E-state index in [0.717, 1.165) is 5.54 Å². The second-order valence-electron chi connectivity index (χ2n) is 4.87. The van der Waals surface area contributed by atoms with Crippen molar-refractivity contribution in [3.63, 3.8) is 0 Å². The van der Waals surface area contributed by atoms with Crippen LogP contribution in [0.1, 0.15) is 6.42 Å². The normalized spacial score (nSPS) is 26.2. The summed E-state index contributed by atoms with van der Waals surface area (Å²) in [5.74, 6) is 0.594. The summed E-state index contributed by atoms with van der Waals surface area (Å²) in [6.07, 6.45) is 1.24. The second kappa shape index (κ2) is 3.52. The monoisotopic (exact) mass is 206 g/mol. The van der Waals surface area contributed by atoms with Crippen molar-refractivity contribution in [1.29, 1.82) is 0 Å². The zero-order valence-electron chi connectivity index (χ0n) is 8.90. The van der Waals surface area contributed by atoms with Gasteiger partial charge in [-0.25, -0.2) is 0 Å². The Morgan fingerprint density at radius 1 is 1.29 bits per heavy atom. The molecule has 76 valence electrons. The van der Waals surface area contributed by atoms with Gasteiger partial charge in [-0.3, -0.25) is 0 Å². The number of benzene rings is 1. The van der Waals surface area contributed by atoms with Crippen LogP contribution in [0.25, 0.3) is 0 Å². The zero-order valence-corrected chi connectivity index (χ0v) is 9.90. The Bertz CT molecular complexity index is 307. The fourth-order valence-corrected chi connectivity index (χ4v) is 6.07. The maximum Gasteiger partial charge on any atom is 0.0840 e. The Morgan fingerprint density at radius 2 is 1.93 bits per heavy atom. The van der Waals surface area contributed by atoms with E-state index in [0.29, 0.717) is 12.5 Å². The van der Waals surface area contributed by atoms with Crippen molar-refractivity contribution in [1.82, 2.24) is 0 Å². The molecular formula is C12H18OSi. The molecule has 1 aliphatic carbocycles. The third-order valence-electron chi connectivity index (χ3n) is 3.60. The van der Waals surface area contributed by atoms with E-state index in [-0.39, 0.29) is 0 Å². The molecule has 0 aromatic heterocycles. The van der Waals surface area contributed by atoms with E-state index >= 15 is 0 Å². The van der Waals surface area contributed by atoms with Gasteiger partial charge in [-0.2, -0.15) is 0 Å². The standard InChI is InChI=1S/C12H18OSi/c1-14(2,12-8-10(12)9-13)11-6-4-3-5-7-11/h3-7,10,12-13H,8-9H2,1-2H3/t10-,12+/m0/s1. The molecule has 2 rings (SSSR count). The lowest BCUT2D eigenvalue weighted by molar-refractivity contribution is 0.276. The van der Waals surface area contributed by atoms with Crippen molar-refractivity contribution in [2.45, 2.75) is 25.1 Å². The molecule has 2 atom stereocenters. The average molecular weight is 206 g/mol. The first-order valence-electron chi connectivity index (χ1n) is 5.32. The molecule has 1 nitrogen and oxygen atoms in total. The van der Waals surface area contributed by atoms with Crippen molar-refractivity contribution in [3.05, 3.63) is 30.3 Å². The van der Waals surface area contributed by atoms with E-state index in [1.54, 1.807) is 0 Å². The Kier molecular flexibility index (Phi) is 2.50. The van der Waals surface area contributed by atoms with E-state index in [1.165, 1.54) is 11.6 Å². The van der Waals surface area contributed by atoms with Crippen LogP contribution in [0, 0.1) is 5.92 Å². The molecule has 0 aliphatic heterocycles. The highest BCUT2D eigenvalue weighted by molar-refractivity contribution is 6.91. The average Bonchev–Trinajstić information content (AvgIpc) is 2.98. The molecule has 1 saturated carbocycles. The van der Waals surface area contributed by atoms with Crippen LogP contribution in [0.2, 0.25) is 18.6 Å². The number of rotatable bonds is 3. The van der Waals surface area contributed by atoms with Gasteiger partial charge < -0.3 is 5.11 Å². The fourth-order valence-electron chi connectivity index (χ4n) is 2.42. The molecule has 0 radical (unpaired) electrons. The highest BCUT2D eigenvalue weighted by atomic mass is 28.3. The molecule has 0 heterocycles. The van der Waals surface area contributed by atoms with E-state index in [1.807, 2.05) is 0 Å². The molecule has 1 N–H and O–H groups in total. The molecule has 1 fully saturated rings. The number of hydrogen-bond donors (Lipinski definition) is 1. The fraction of sp³-hybridized carbons (Fsp3) is 0.500. The molecule has 0 unspecified atom stereocenters. The van der Waals surface area contributed by atoms with Gasteiger partial charge in [0.25, 0.3) is 0 Å². The van der Waals surface area contributed by atoms with Crippen LogP contribution < -0.4 is 5.19 Å². The maximum absolute atomic E-state index is 9.11. The molecule has 1 aliphatic rings. The summed E-state index contributed by atoms with van der Waals surface area (Å²) < 4.78 is 0. The summed E-state index contributed by atoms with van der Waals surface area (Å²) in [6, 6.07) is 10.8. The van der Waals surface area contributed by atoms with Gasteiger partial charge in [0, 0.05) is 6.61 Å². The van der Waals surface area contributed by atoms with Gasteiger partial charge in [0.2, 0.25) is 0 Å². The smallest absolute Gasteiger partial charge is 0.0840 e. The van der Waals surface area contributed by atoms with E-state index in [9.17, 15) is 0 Å². The van der Waals surface area contributed by atoms with Gasteiger partial charge >= 0.3 is 0 Å². The molecule has 1 aromatic rings. The first-order chi connectivity index (χ1) is 6.66. The van der Waals surface area contributed by atoms with E-state index in [4.69, 9.17) is 5.11 Å². The largest absolute Gasteiger partial charge is 0.396 e. The van der Waals surface area contributed by atoms with Crippen LogP contribution in [0.5, 0.6) is 0 Å². The van der Waals surface area contributed by atoms with Crippen molar-refractivity contribution in [2.75, 3.05) is 6.61 Å². The topological polar surface area (TPSA) is 20.2 Å². The molecular weight excluding hydrogens is 188 g/mol. The zero-order chi connectivity index (χ0) is 10.2. The molecule has 14 heavy (non-hydrogen) atoms. The summed E-state index contributed by atoms with van der Waals surface area (Å²) >= 11 is 0. The predicted octanol–water partition coefficient (Wildman–Crippen LogP) is 1.98. The minimum atomic E-state index is -1.29. The summed E-state index contributed by atoms with van der Waals surface area (Å²) in [5.41, 5.74) is 0.801. The lowest BCUT2D eigenvalue weighted by Crippen LogP contribution is -2.42. The quantitative estimate of drug-likeness (QED) is 0.750. The third-order valence-corrected chi connectivity index (χ3v) is 7.98. The van der Waals surface area contributed by atoms with Gasteiger partial charge in [-0.05, 0) is 17.9 Å². The molecule has 0 spiro atoms.